The summed E-state index contributed by atoms with van der Waals surface area (Å²) in [5, 5.41) is 0. The lowest BCUT2D eigenvalue weighted by molar-refractivity contribution is 0.570. The first-order chi connectivity index (χ1) is 12.9. The third-order valence-corrected chi connectivity index (χ3v) is 4.46. The fourth-order valence-electron chi connectivity index (χ4n) is 2.87. The highest BCUT2D eigenvalue weighted by Crippen LogP contribution is 2.26. The molecule has 0 saturated carbocycles. The van der Waals surface area contributed by atoms with E-state index < -0.39 is 0 Å². The maximum Gasteiger partial charge on any atom is 0.0233 e. The van der Waals surface area contributed by atoms with E-state index >= 15 is 0 Å². The maximum absolute atomic E-state index is 4.32. The minimum absolute atomic E-state index is 0. The van der Waals surface area contributed by atoms with Crippen LogP contribution in [0.1, 0.15) is 85.8 Å². The van der Waals surface area contributed by atoms with Gasteiger partial charge in [-0.25, -0.2) is 0 Å². The van der Waals surface area contributed by atoms with E-state index in [0.717, 1.165) is 19.3 Å². The molecule has 1 aromatic rings. The van der Waals surface area contributed by atoms with Crippen LogP contribution in [-0.2, 0) is 12.8 Å². The Bertz CT molecular complexity index is 706. The highest BCUT2D eigenvalue weighted by molar-refractivity contribution is 5.44. The standard InChI is InChI=1S/C25H32.C2H6.CH4/c1-6-7-8-21-9-11-23(12-10-21)19-20(2)24-15-13-22(14-16-24)17-18-25(3,4)5;1-2;/h9-13,15H,2,6-8,14,16,19H2,1,3-5H3;1-2H3;1H4. The minimum atomic E-state index is 0. The predicted molar refractivity (Wildman–Crippen MR) is 129 cm³/mol. The molecule has 1 aliphatic rings. The van der Waals surface area contributed by atoms with Gasteiger partial charge >= 0.3 is 0 Å². The Kier molecular flexibility index (Phi) is 12.3. The van der Waals surface area contributed by atoms with Gasteiger partial charge in [-0.05, 0) is 75.1 Å². The normalized spacial score (nSPS) is 12.9. The van der Waals surface area contributed by atoms with E-state index in [9.17, 15) is 0 Å². The molecule has 0 fully saturated rings. The van der Waals surface area contributed by atoms with Gasteiger partial charge in [0.2, 0.25) is 0 Å². The van der Waals surface area contributed by atoms with Gasteiger partial charge in [-0.2, -0.15) is 0 Å². The fourth-order valence-corrected chi connectivity index (χ4v) is 2.87. The number of unbranched alkanes of at least 4 members (excludes halogenated alkanes) is 1. The van der Waals surface area contributed by atoms with Gasteiger partial charge in [-0.3, -0.25) is 0 Å². The van der Waals surface area contributed by atoms with Crippen molar-refractivity contribution in [2.24, 2.45) is 5.41 Å². The Labute approximate surface area is 175 Å². The summed E-state index contributed by atoms with van der Waals surface area (Å²) < 4.78 is 0. The molecule has 154 valence electrons. The molecule has 0 radical (unpaired) electrons. The molecule has 0 saturated heterocycles. The number of aryl methyl sites for hydroxylation is 1. The second-order valence-corrected chi connectivity index (χ2v) is 8.08. The highest BCUT2D eigenvalue weighted by Gasteiger charge is 2.10. The van der Waals surface area contributed by atoms with Crippen LogP contribution in [0.3, 0.4) is 0 Å². The topological polar surface area (TPSA) is 0 Å². The minimum Gasteiger partial charge on any atom is -0.0952 e. The summed E-state index contributed by atoms with van der Waals surface area (Å²) in [5.74, 6) is 6.66. The van der Waals surface area contributed by atoms with Gasteiger partial charge in [0.1, 0.15) is 0 Å². The first-order valence-electron chi connectivity index (χ1n) is 10.6. The molecule has 0 nitrogen and oxygen atoms in total. The molecule has 0 aliphatic heterocycles. The van der Waals surface area contributed by atoms with E-state index in [-0.39, 0.29) is 12.8 Å². The fraction of sp³-hybridized carbons (Fsp3) is 0.500. The molecule has 28 heavy (non-hydrogen) atoms. The lowest BCUT2D eigenvalue weighted by atomic mass is 9.90. The second kappa shape index (κ2) is 13.2. The lowest BCUT2D eigenvalue weighted by Crippen LogP contribution is -2.01. The van der Waals surface area contributed by atoms with Crippen molar-refractivity contribution in [3.63, 3.8) is 0 Å². The zero-order chi connectivity index (χ0) is 20.3. The quantitative estimate of drug-likeness (QED) is 0.435. The van der Waals surface area contributed by atoms with E-state index in [1.165, 1.54) is 47.1 Å². The first kappa shape index (κ1) is 26.0. The Hall–Kier alpha value is -2.00. The van der Waals surface area contributed by atoms with Crippen LogP contribution in [0.2, 0.25) is 0 Å². The number of hydrogen-bond donors (Lipinski definition) is 0. The van der Waals surface area contributed by atoms with Crippen molar-refractivity contribution in [1.82, 2.24) is 0 Å². The smallest absolute Gasteiger partial charge is 0.0233 e. The van der Waals surface area contributed by atoms with Gasteiger partial charge in [-0.15, -0.1) is 0 Å². The average Bonchev–Trinajstić information content (AvgIpc) is 2.67. The zero-order valence-corrected chi connectivity index (χ0v) is 18.4. The van der Waals surface area contributed by atoms with E-state index in [0.29, 0.717) is 0 Å². The summed E-state index contributed by atoms with van der Waals surface area (Å²) in [4.78, 5) is 0. The summed E-state index contributed by atoms with van der Waals surface area (Å²) >= 11 is 0. The van der Waals surface area contributed by atoms with Crippen LogP contribution in [0.4, 0.5) is 0 Å². The van der Waals surface area contributed by atoms with E-state index in [1.54, 1.807) is 0 Å². The molecule has 0 bridgehead atoms. The van der Waals surface area contributed by atoms with Crippen LogP contribution in [-0.4, -0.2) is 0 Å². The van der Waals surface area contributed by atoms with Crippen molar-refractivity contribution in [2.45, 2.75) is 87.5 Å². The average molecular weight is 379 g/mol. The number of allylic oxidation sites excluding steroid dienone is 5. The number of hydrogen-bond acceptors (Lipinski definition) is 0. The molecule has 0 unspecified atom stereocenters. The van der Waals surface area contributed by atoms with Gasteiger partial charge in [-0.1, -0.05) is 89.5 Å². The lowest BCUT2D eigenvalue weighted by Gasteiger charge is -2.15. The van der Waals surface area contributed by atoms with Crippen LogP contribution in [0.5, 0.6) is 0 Å². The molecule has 1 aliphatic carbocycles. The molecule has 0 atom stereocenters. The summed E-state index contributed by atoms with van der Waals surface area (Å²) in [7, 11) is 0. The second-order valence-electron chi connectivity index (χ2n) is 8.08. The van der Waals surface area contributed by atoms with Crippen LogP contribution < -0.4 is 0 Å². The molecular formula is C28H42. The van der Waals surface area contributed by atoms with Gasteiger partial charge < -0.3 is 0 Å². The van der Waals surface area contributed by atoms with Crippen molar-refractivity contribution in [3.05, 3.63) is 70.8 Å². The van der Waals surface area contributed by atoms with Crippen LogP contribution in [0.25, 0.3) is 0 Å². The third-order valence-electron chi connectivity index (χ3n) is 4.46. The monoisotopic (exact) mass is 378 g/mol. The van der Waals surface area contributed by atoms with Crippen LogP contribution >= 0.6 is 0 Å². The van der Waals surface area contributed by atoms with Gasteiger partial charge in [0, 0.05) is 11.0 Å². The molecular weight excluding hydrogens is 336 g/mol. The summed E-state index contributed by atoms with van der Waals surface area (Å²) in [6.07, 6.45) is 11.1. The summed E-state index contributed by atoms with van der Waals surface area (Å²) in [5.41, 5.74) is 6.72. The molecule has 0 amide bonds. The van der Waals surface area contributed by atoms with Gasteiger partial charge in [0.15, 0.2) is 0 Å². The largest absolute Gasteiger partial charge is 0.0952 e. The maximum atomic E-state index is 4.32. The summed E-state index contributed by atoms with van der Waals surface area (Å²) in [6.45, 7) is 17.0. The number of rotatable bonds is 6. The van der Waals surface area contributed by atoms with Crippen LogP contribution in [0, 0.1) is 17.3 Å². The molecule has 2 rings (SSSR count). The Morgan fingerprint density at radius 2 is 1.61 bits per heavy atom. The predicted octanol–water partition coefficient (Wildman–Crippen LogP) is 8.49. The Morgan fingerprint density at radius 1 is 1.00 bits per heavy atom. The molecule has 0 heteroatoms. The molecule has 1 aromatic carbocycles. The summed E-state index contributed by atoms with van der Waals surface area (Å²) in [6, 6.07) is 9.06. The van der Waals surface area contributed by atoms with Crippen molar-refractivity contribution in [2.75, 3.05) is 0 Å². The van der Waals surface area contributed by atoms with E-state index in [4.69, 9.17) is 0 Å². The molecule has 0 aromatic heterocycles. The van der Waals surface area contributed by atoms with Gasteiger partial charge in [0.25, 0.3) is 0 Å². The third kappa shape index (κ3) is 9.80. The van der Waals surface area contributed by atoms with Crippen molar-refractivity contribution >= 4 is 0 Å². The zero-order valence-electron chi connectivity index (χ0n) is 18.4. The van der Waals surface area contributed by atoms with Crippen molar-refractivity contribution in [3.8, 4) is 11.8 Å². The SMILES string of the molecule is C.C=C(Cc1ccc(CCCC)cc1)C1=CC=C(C#CC(C)(C)C)CC1.CC. The first-order valence-corrected chi connectivity index (χ1v) is 10.6. The van der Waals surface area contributed by atoms with Crippen molar-refractivity contribution in [1.29, 1.82) is 0 Å². The Balaban J connectivity index is 0.00000235. The highest BCUT2D eigenvalue weighted by atomic mass is 14.1. The molecule has 0 N–H and O–H groups in total. The van der Waals surface area contributed by atoms with Crippen LogP contribution in [0.15, 0.2) is 59.7 Å². The Morgan fingerprint density at radius 3 is 2.11 bits per heavy atom. The molecule has 0 heterocycles. The number of benzene rings is 1. The molecule has 0 spiro atoms. The van der Waals surface area contributed by atoms with Crippen molar-refractivity contribution < 1.29 is 0 Å². The van der Waals surface area contributed by atoms with E-state index in [2.05, 4.69) is 82.5 Å². The van der Waals surface area contributed by atoms with E-state index in [1.807, 2.05) is 13.8 Å². The van der Waals surface area contributed by atoms with Gasteiger partial charge in [0.05, 0.1) is 0 Å².